The highest BCUT2D eigenvalue weighted by Crippen LogP contribution is 2.23. The monoisotopic (exact) mass is 462 g/mol. The number of nitrogens with one attached hydrogen (secondary N) is 1. The first-order chi connectivity index (χ1) is 16.3. The predicted octanol–water partition coefficient (Wildman–Crippen LogP) is 6.92. The van der Waals surface area contributed by atoms with E-state index in [1.165, 1.54) is 13.0 Å². The Hall–Kier alpha value is -3.61. The lowest BCUT2D eigenvalue weighted by Crippen LogP contribution is -2.18. The van der Waals surface area contributed by atoms with Crippen molar-refractivity contribution in [2.24, 2.45) is 0 Å². The van der Waals surface area contributed by atoms with E-state index in [-0.39, 0.29) is 11.6 Å². The molecule has 4 rings (SSSR count). The van der Waals surface area contributed by atoms with Gasteiger partial charge in [0.2, 0.25) is 5.89 Å². The van der Waals surface area contributed by atoms with Crippen LogP contribution in [0.3, 0.4) is 0 Å². The van der Waals surface area contributed by atoms with Gasteiger partial charge in [0.15, 0.2) is 5.78 Å². The van der Waals surface area contributed by atoms with Crippen molar-refractivity contribution < 1.29 is 13.6 Å². The summed E-state index contributed by atoms with van der Waals surface area (Å²) in [5.41, 5.74) is 4.12. The molecule has 4 aromatic rings. The number of ketones is 1. The molecule has 0 amide bonds. The number of oxazole rings is 1. The van der Waals surface area contributed by atoms with Crippen LogP contribution >= 0.6 is 0 Å². The van der Waals surface area contributed by atoms with Gasteiger partial charge < -0.3 is 9.73 Å². The summed E-state index contributed by atoms with van der Waals surface area (Å²) in [4.78, 5) is 24.4. The summed E-state index contributed by atoms with van der Waals surface area (Å²) < 4.78 is 18.7. The molecule has 0 aliphatic rings. The van der Waals surface area contributed by atoms with Gasteiger partial charge >= 0.3 is 0 Å². The molecule has 0 saturated carbocycles. The van der Waals surface area contributed by atoms with E-state index in [9.17, 15) is 9.18 Å². The van der Waals surface area contributed by atoms with Gasteiger partial charge in [0.25, 0.3) is 0 Å². The van der Waals surface area contributed by atoms with Gasteiger partial charge in [0, 0.05) is 23.2 Å². The molecule has 0 aliphatic carbocycles. The third kappa shape index (κ3) is 6.25. The summed E-state index contributed by atoms with van der Waals surface area (Å²) in [6.07, 6.45) is 6.55. The lowest BCUT2D eigenvalue weighted by atomic mass is 10.0. The number of carbonyl (C=O) groups excluding carboxylic acids is 1. The summed E-state index contributed by atoms with van der Waals surface area (Å²) in [6.45, 7) is 9.45. The van der Waals surface area contributed by atoms with Crippen molar-refractivity contribution in [3.63, 3.8) is 0 Å². The number of hydrogen-bond donors (Lipinski definition) is 1. The van der Waals surface area contributed by atoms with Gasteiger partial charge in [-0.25, -0.2) is 14.4 Å². The first-order valence-electron chi connectivity index (χ1n) is 11.5. The largest absolute Gasteiger partial charge is 0.444 e. The highest BCUT2D eigenvalue weighted by molar-refractivity contribution is 5.99. The smallest absolute Gasteiger partial charge is 0.226 e. The number of hydrogen-bond acceptors (Lipinski definition) is 6. The van der Waals surface area contributed by atoms with Crippen LogP contribution in [0.2, 0.25) is 0 Å². The fraction of sp³-hybridized carbons (Fsp3) is 0.333. The fourth-order valence-electron chi connectivity index (χ4n) is 3.60. The van der Waals surface area contributed by atoms with Crippen LogP contribution in [0.5, 0.6) is 0 Å². The lowest BCUT2D eigenvalue weighted by Gasteiger charge is -2.16. The zero-order valence-electron chi connectivity index (χ0n) is 20.4. The minimum Gasteiger partial charge on any atom is -0.444 e. The van der Waals surface area contributed by atoms with Crippen LogP contribution in [0.25, 0.3) is 22.5 Å². The standard InChI is InChI=1S/C15H20FN3.C12H11NO2/c1-4-6-11(5-2)18-15-9-17-13-8-12(16)10(3)7-14(13)19-15;1-8-7-15-12(13-8)11-6-4-3-5-10(11)9(2)14/h7-9,11H,4-6H2,1-3H3,(H,18,19);3-7H,1-2H3. The predicted molar refractivity (Wildman–Crippen MR) is 134 cm³/mol. The third-order valence-corrected chi connectivity index (χ3v) is 5.46. The molecule has 0 spiro atoms. The molecule has 0 radical (unpaired) electrons. The summed E-state index contributed by atoms with van der Waals surface area (Å²) in [6, 6.07) is 10.9. The van der Waals surface area contributed by atoms with Crippen molar-refractivity contribution in [2.75, 3.05) is 5.32 Å². The molecule has 2 aromatic carbocycles. The Labute approximate surface area is 199 Å². The summed E-state index contributed by atoms with van der Waals surface area (Å²) in [7, 11) is 0. The molecule has 0 aliphatic heterocycles. The molecule has 1 N–H and O–H groups in total. The first kappa shape index (κ1) is 25.0. The first-order valence-corrected chi connectivity index (χ1v) is 11.5. The number of aryl methyl sites for hydroxylation is 2. The highest BCUT2D eigenvalue weighted by Gasteiger charge is 2.12. The van der Waals surface area contributed by atoms with Crippen molar-refractivity contribution in [1.29, 1.82) is 0 Å². The number of benzene rings is 2. The van der Waals surface area contributed by atoms with Crippen molar-refractivity contribution in [1.82, 2.24) is 15.0 Å². The van der Waals surface area contributed by atoms with E-state index in [4.69, 9.17) is 4.42 Å². The van der Waals surface area contributed by atoms with E-state index in [0.717, 1.165) is 41.9 Å². The SMILES string of the molecule is CC(=O)c1ccccc1-c1nc(C)co1.CCCC(CC)Nc1cnc2cc(F)c(C)cc2n1. The van der Waals surface area contributed by atoms with Gasteiger partial charge in [-0.05, 0) is 51.3 Å². The Bertz CT molecular complexity index is 1270. The average Bonchev–Trinajstić information content (AvgIpc) is 3.26. The normalized spacial score (nSPS) is 11.6. The average molecular weight is 463 g/mol. The van der Waals surface area contributed by atoms with E-state index in [0.29, 0.717) is 28.6 Å². The highest BCUT2D eigenvalue weighted by atomic mass is 19.1. The Morgan fingerprint density at radius 1 is 1.12 bits per heavy atom. The van der Waals surface area contributed by atoms with Crippen LogP contribution in [0.1, 0.15) is 61.6 Å². The van der Waals surface area contributed by atoms with Crippen LogP contribution in [0.4, 0.5) is 10.2 Å². The Kier molecular flexibility index (Phi) is 8.46. The molecule has 2 aromatic heterocycles. The molecular weight excluding hydrogens is 431 g/mol. The minimum atomic E-state index is -0.236. The lowest BCUT2D eigenvalue weighted by molar-refractivity contribution is 0.101. The molecule has 0 fully saturated rings. The minimum absolute atomic E-state index is 0.0152. The molecule has 0 saturated heterocycles. The number of Topliss-reactive ketones (excluding diaryl/α,β-unsaturated/α-hetero) is 1. The van der Waals surface area contributed by atoms with Gasteiger partial charge in [-0.1, -0.05) is 38.5 Å². The molecule has 1 unspecified atom stereocenters. The van der Waals surface area contributed by atoms with Crippen molar-refractivity contribution in [3.05, 3.63) is 71.5 Å². The van der Waals surface area contributed by atoms with Crippen LogP contribution in [-0.4, -0.2) is 26.8 Å². The second-order valence-corrected chi connectivity index (χ2v) is 8.28. The van der Waals surface area contributed by atoms with Crippen LogP contribution in [-0.2, 0) is 0 Å². The molecule has 34 heavy (non-hydrogen) atoms. The van der Waals surface area contributed by atoms with Gasteiger partial charge in [-0.15, -0.1) is 0 Å². The second-order valence-electron chi connectivity index (χ2n) is 8.28. The van der Waals surface area contributed by atoms with Crippen molar-refractivity contribution >= 4 is 22.6 Å². The topological polar surface area (TPSA) is 80.9 Å². The number of rotatable bonds is 7. The Morgan fingerprint density at radius 2 is 1.88 bits per heavy atom. The maximum absolute atomic E-state index is 13.4. The van der Waals surface area contributed by atoms with E-state index >= 15 is 0 Å². The quantitative estimate of drug-likeness (QED) is 0.300. The van der Waals surface area contributed by atoms with Crippen LogP contribution in [0, 0.1) is 19.7 Å². The summed E-state index contributed by atoms with van der Waals surface area (Å²) in [5.74, 6) is 1.04. The second kappa shape index (κ2) is 11.5. The maximum atomic E-state index is 13.4. The third-order valence-electron chi connectivity index (χ3n) is 5.46. The van der Waals surface area contributed by atoms with E-state index in [1.54, 1.807) is 31.5 Å². The Balaban J connectivity index is 0.000000196. The number of nitrogens with zero attached hydrogens (tertiary/aromatic N) is 3. The van der Waals surface area contributed by atoms with Crippen LogP contribution in [0.15, 0.2) is 53.3 Å². The molecule has 1 atom stereocenters. The van der Waals surface area contributed by atoms with E-state index in [2.05, 4.69) is 34.1 Å². The van der Waals surface area contributed by atoms with E-state index in [1.807, 2.05) is 25.1 Å². The number of anilines is 1. The molecule has 7 heteroatoms. The summed E-state index contributed by atoms with van der Waals surface area (Å²) >= 11 is 0. The maximum Gasteiger partial charge on any atom is 0.226 e. The molecule has 178 valence electrons. The van der Waals surface area contributed by atoms with E-state index < -0.39 is 0 Å². The number of carbonyl (C=O) groups is 1. The van der Waals surface area contributed by atoms with Crippen molar-refractivity contribution in [2.45, 2.75) is 59.9 Å². The number of fused-ring (bicyclic) bond motifs is 1. The fourth-order valence-corrected chi connectivity index (χ4v) is 3.60. The zero-order valence-corrected chi connectivity index (χ0v) is 20.4. The summed E-state index contributed by atoms with van der Waals surface area (Å²) in [5, 5.41) is 3.39. The Morgan fingerprint density at radius 3 is 2.53 bits per heavy atom. The molecule has 2 heterocycles. The molecular formula is C27H31FN4O2. The number of aromatic nitrogens is 3. The van der Waals surface area contributed by atoms with Gasteiger partial charge in [-0.3, -0.25) is 9.78 Å². The zero-order chi connectivity index (χ0) is 24.7. The molecule has 0 bridgehead atoms. The van der Waals surface area contributed by atoms with Gasteiger partial charge in [0.05, 0.1) is 22.9 Å². The van der Waals surface area contributed by atoms with Gasteiger partial charge in [0.1, 0.15) is 17.9 Å². The number of halogens is 1. The van der Waals surface area contributed by atoms with Crippen molar-refractivity contribution in [3.8, 4) is 11.5 Å². The van der Waals surface area contributed by atoms with Gasteiger partial charge in [-0.2, -0.15) is 0 Å². The molecule has 6 nitrogen and oxygen atoms in total. The van der Waals surface area contributed by atoms with Crippen LogP contribution < -0.4 is 5.32 Å².